The lowest BCUT2D eigenvalue weighted by molar-refractivity contribution is 0.0201. The quantitative estimate of drug-likeness (QED) is 0.375. The van der Waals surface area contributed by atoms with Gasteiger partial charge >= 0.3 is 6.16 Å². The van der Waals surface area contributed by atoms with Gasteiger partial charge in [0.05, 0.1) is 18.9 Å². The van der Waals surface area contributed by atoms with E-state index in [0.29, 0.717) is 16.9 Å². The molecule has 1 heterocycles. The number of methoxy groups -OCH3 is 1. The van der Waals surface area contributed by atoms with Crippen LogP contribution in [0.15, 0.2) is 47.8 Å². The number of ether oxygens (including phenoxy) is 3. The van der Waals surface area contributed by atoms with Crippen LogP contribution in [0, 0.1) is 0 Å². The predicted molar refractivity (Wildman–Crippen MR) is 99.2 cm³/mol. The minimum absolute atomic E-state index is 0.211. The summed E-state index contributed by atoms with van der Waals surface area (Å²) in [6, 6.07) is 8.10. The van der Waals surface area contributed by atoms with Crippen LogP contribution >= 0.6 is 0 Å². The van der Waals surface area contributed by atoms with E-state index >= 15 is 0 Å². The summed E-state index contributed by atoms with van der Waals surface area (Å²) in [5.41, 5.74) is 2.77. The number of carbonyl (C=O) groups is 2. The van der Waals surface area contributed by atoms with Gasteiger partial charge in [-0.2, -0.15) is 5.10 Å². The van der Waals surface area contributed by atoms with Crippen LogP contribution in [-0.2, 0) is 4.74 Å². The van der Waals surface area contributed by atoms with Gasteiger partial charge in [0.2, 0.25) is 0 Å². The zero-order chi connectivity index (χ0) is 19.9. The van der Waals surface area contributed by atoms with Crippen molar-refractivity contribution in [1.29, 1.82) is 0 Å². The van der Waals surface area contributed by atoms with Gasteiger partial charge in [0, 0.05) is 12.4 Å². The maximum absolute atomic E-state index is 11.9. The van der Waals surface area contributed by atoms with Gasteiger partial charge in [0.15, 0.2) is 11.5 Å². The van der Waals surface area contributed by atoms with Crippen LogP contribution in [0.4, 0.5) is 4.79 Å². The molecule has 0 saturated heterocycles. The molecule has 2 rings (SSSR count). The lowest BCUT2D eigenvalue weighted by Gasteiger charge is -2.19. The minimum atomic E-state index is -0.828. The second kappa shape index (κ2) is 8.79. The molecule has 0 radical (unpaired) electrons. The Morgan fingerprint density at radius 2 is 1.96 bits per heavy atom. The first-order valence-electron chi connectivity index (χ1n) is 8.11. The molecule has 0 spiro atoms. The summed E-state index contributed by atoms with van der Waals surface area (Å²) in [7, 11) is 1.45. The molecule has 0 aliphatic carbocycles. The summed E-state index contributed by atoms with van der Waals surface area (Å²) < 4.78 is 15.5. The van der Waals surface area contributed by atoms with Gasteiger partial charge in [0.1, 0.15) is 5.60 Å². The summed E-state index contributed by atoms with van der Waals surface area (Å²) in [6.07, 6.45) is 3.63. The zero-order valence-electron chi connectivity index (χ0n) is 15.6. The van der Waals surface area contributed by atoms with Crippen LogP contribution in [0.5, 0.6) is 11.5 Å². The van der Waals surface area contributed by atoms with Gasteiger partial charge < -0.3 is 14.2 Å². The maximum Gasteiger partial charge on any atom is 0.514 e. The molecule has 8 heteroatoms. The van der Waals surface area contributed by atoms with E-state index in [2.05, 4.69) is 15.5 Å². The molecule has 0 aliphatic heterocycles. The Kier molecular flexibility index (Phi) is 6.48. The largest absolute Gasteiger partial charge is 0.514 e. The number of pyridine rings is 1. The van der Waals surface area contributed by atoms with E-state index in [9.17, 15) is 9.59 Å². The van der Waals surface area contributed by atoms with Crippen molar-refractivity contribution in [3.05, 3.63) is 53.9 Å². The molecule has 0 unspecified atom stereocenters. The fourth-order valence-electron chi connectivity index (χ4n) is 1.94. The Morgan fingerprint density at radius 1 is 1.19 bits per heavy atom. The molecular formula is C19H21N3O5. The molecule has 8 nitrogen and oxygen atoms in total. The summed E-state index contributed by atoms with van der Waals surface area (Å²) in [4.78, 5) is 27.5. The van der Waals surface area contributed by atoms with Crippen molar-refractivity contribution in [2.24, 2.45) is 5.10 Å². The van der Waals surface area contributed by atoms with Crippen LogP contribution in [0.25, 0.3) is 0 Å². The van der Waals surface area contributed by atoms with E-state index in [1.54, 1.807) is 57.3 Å². The highest BCUT2D eigenvalue weighted by molar-refractivity contribution is 5.94. The Morgan fingerprint density at radius 3 is 2.59 bits per heavy atom. The topological polar surface area (TPSA) is 99.1 Å². The molecule has 0 atom stereocenters. The van der Waals surface area contributed by atoms with Crippen molar-refractivity contribution in [3.63, 3.8) is 0 Å². The molecule has 0 aliphatic rings. The fourth-order valence-corrected chi connectivity index (χ4v) is 1.94. The lowest BCUT2D eigenvalue weighted by atomic mass is 10.2. The highest BCUT2D eigenvalue weighted by Crippen LogP contribution is 2.28. The first kappa shape index (κ1) is 19.9. The third-order valence-electron chi connectivity index (χ3n) is 3.07. The predicted octanol–water partition coefficient (Wildman–Crippen LogP) is 3.17. The van der Waals surface area contributed by atoms with Crippen molar-refractivity contribution in [3.8, 4) is 11.5 Å². The summed E-state index contributed by atoms with van der Waals surface area (Å²) >= 11 is 0. The second-order valence-corrected chi connectivity index (χ2v) is 6.42. The molecule has 1 aromatic carbocycles. The smallest absolute Gasteiger partial charge is 0.493 e. The lowest BCUT2D eigenvalue weighted by Crippen LogP contribution is -2.26. The Bertz CT molecular complexity index is 829. The molecule has 0 saturated carbocycles. The Balaban J connectivity index is 2.02. The molecule has 27 heavy (non-hydrogen) atoms. The number of rotatable bonds is 5. The number of benzene rings is 1. The van der Waals surface area contributed by atoms with Crippen LogP contribution in [0.3, 0.4) is 0 Å². The number of hydrazone groups is 1. The third-order valence-corrected chi connectivity index (χ3v) is 3.07. The van der Waals surface area contributed by atoms with Gasteiger partial charge in [-0.05, 0) is 56.7 Å². The molecule has 1 aromatic heterocycles. The summed E-state index contributed by atoms with van der Waals surface area (Å²) in [6.45, 7) is 5.22. The van der Waals surface area contributed by atoms with Crippen LogP contribution < -0.4 is 14.9 Å². The molecule has 2 aromatic rings. The van der Waals surface area contributed by atoms with E-state index in [1.807, 2.05) is 0 Å². The standard InChI is InChI=1S/C19H21N3O5/c1-19(2,3)27-18(24)26-15-8-7-13(10-16(15)25-4)11-21-22-17(23)14-6-5-9-20-12-14/h5-12H,1-4H3,(H,22,23)/b21-11+. The van der Waals surface area contributed by atoms with Gasteiger partial charge in [-0.1, -0.05) is 0 Å². The fraction of sp³-hybridized carbons (Fsp3) is 0.263. The number of carbonyl (C=O) groups excluding carboxylic acids is 2. The van der Waals surface area contributed by atoms with Crippen molar-refractivity contribution >= 4 is 18.3 Å². The van der Waals surface area contributed by atoms with Crippen LogP contribution in [0.1, 0.15) is 36.7 Å². The van der Waals surface area contributed by atoms with Gasteiger partial charge in [-0.3, -0.25) is 9.78 Å². The maximum atomic E-state index is 11.9. The van der Waals surface area contributed by atoms with Crippen molar-refractivity contribution in [2.75, 3.05) is 7.11 Å². The summed E-state index contributed by atoms with van der Waals surface area (Å²) in [5.74, 6) is 0.155. The molecule has 0 fully saturated rings. The molecular weight excluding hydrogens is 350 g/mol. The van der Waals surface area contributed by atoms with E-state index in [-0.39, 0.29) is 11.7 Å². The second-order valence-electron chi connectivity index (χ2n) is 6.42. The van der Waals surface area contributed by atoms with Crippen molar-refractivity contribution in [2.45, 2.75) is 26.4 Å². The highest BCUT2D eigenvalue weighted by Gasteiger charge is 2.19. The average molecular weight is 371 g/mol. The number of nitrogens with zero attached hydrogens (tertiary/aromatic N) is 2. The number of aromatic nitrogens is 1. The number of amides is 1. The van der Waals surface area contributed by atoms with E-state index in [1.165, 1.54) is 19.5 Å². The van der Waals surface area contributed by atoms with Crippen molar-refractivity contribution in [1.82, 2.24) is 10.4 Å². The van der Waals surface area contributed by atoms with Gasteiger partial charge in [-0.25, -0.2) is 10.2 Å². The zero-order valence-corrected chi connectivity index (χ0v) is 15.6. The van der Waals surface area contributed by atoms with Gasteiger partial charge in [-0.15, -0.1) is 0 Å². The Hall–Kier alpha value is -3.42. The third kappa shape index (κ3) is 6.43. The van der Waals surface area contributed by atoms with E-state index < -0.39 is 11.8 Å². The minimum Gasteiger partial charge on any atom is -0.493 e. The normalized spacial score (nSPS) is 11.1. The monoisotopic (exact) mass is 371 g/mol. The molecule has 1 N–H and O–H groups in total. The van der Waals surface area contributed by atoms with E-state index in [0.717, 1.165) is 0 Å². The number of nitrogens with one attached hydrogen (secondary N) is 1. The molecule has 0 bridgehead atoms. The van der Waals surface area contributed by atoms with Crippen molar-refractivity contribution < 1.29 is 23.8 Å². The summed E-state index contributed by atoms with van der Waals surface area (Å²) in [5, 5.41) is 3.89. The first-order chi connectivity index (χ1) is 12.8. The number of hydrogen-bond acceptors (Lipinski definition) is 7. The van der Waals surface area contributed by atoms with Crippen LogP contribution in [0.2, 0.25) is 0 Å². The molecule has 142 valence electrons. The Labute approximate surface area is 157 Å². The van der Waals surface area contributed by atoms with Gasteiger partial charge in [0.25, 0.3) is 5.91 Å². The number of hydrogen-bond donors (Lipinski definition) is 1. The first-order valence-corrected chi connectivity index (χ1v) is 8.11. The average Bonchev–Trinajstić information content (AvgIpc) is 2.61. The highest BCUT2D eigenvalue weighted by atomic mass is 16.7. The van der Waals surface area contributed by atoms with Crippen LogP contribution in [-0.4, -0.2) is 36.0 Å². The SMILES string of the molecule is COc1cc(/C=N/NC(=O)c2cccnc2)ccc1OC(=O)OC(C)(C)C. The van der Waals surface area contributed by atoms with E-state index in [4.69, 9.17) is 14.2 Å². The molecule has 1 amide bonds.